The minimum atomic E-state index is -0.218. The van der Waals surface area contributed by atoms with E-state index in [1.807, 2.05) is 6.08 Å². The minimum Gasteiger partial charge on any atom is -0.458 e. The summed E-state index contributed by atoms with van der Waals surface area (Å²) in [4.78, 5) is 24.0. The standard InChI is InChI=1S/C23H28O3/c1-21-9-7-16-15-6-4-14(24)11-13(15)3-5-17(16)20(21)18-12-22(18,2)23(21)10-8-19(25)26-23/h3,5,11,15-18,20H,4,6-10,12H2,1-2H3/t15?,16?,17?,18?,20?,21?,22-,23?/m1/s1. The lowest BCUT2D eigenvalue weighted by Crippen LogP contribution is -2.56. The maximum atomic E-state index is 12.2. The predicted octanol–water partition coefficient (Wildman–Crippen LogP) is 4.23. The normalized spacial score (nSPS) is 56.4. The summed E-state index contributed by atoms with van der Waals surface area (Å²) in [6, 6.07) is 0. The average Bonchev–Trinajstić information content (AvgIpc) is 3.05. The molecule has 26 heavy (non-hydrogen) atoms. The van der Waals surface area contributed by atoms with Crippen LogP contribution in [-0.4, -0.2) is 17.4 Å². The molecule has 0 aromatic carbocycles. The summed E-state index contributed by atoms with van der Waals surface area (Å²) in [6.07, 6.45) is 13.5. The first-order valence-electron chi connectivity index (χ1n) is 10.5. The molecule has 0 amide bonds. The molecule has 138 valence electrons. The van der Waals surface area contributed by atoms with Crippen molar-refractivity contribution in [2.75, 3.05) is 0 Å². The zero-order valence-electron chi connectivity index (χ0n) is 15.8. The highest BCUT2D eigenvalue weighted by atomic mass is 16.6. The fourth-order valence-corrected chi connectivity index (χ4v) is 8.53. The molecule has 8 atom stereocenters. The molecule has 3 heteroatoms. The van der Waals surface area contributed by atoms with Crippen LogP contribution in [0.4, 0.5) is 0 Å². The molecule has 1 aliphatic heterocycles. The van der Waals surface area contributed by atoms with Gasteiger partial charge in [0.2, 0.25) is 0 Å². The Hall–Kier alpha value is -1.38. The Morgan fingerprint density at radius 1 is 1.08 bits per heavy atom. The number of hydrogen-bond donors (Lipinski definition) is 0. The minimum absolute atomic E-state index is 0.0241. The molecule has 7 unspecified atom stereocenters. The highest BCUT2D eigenvalue weighted by Crippen LogP contribution is 2.83. The third-order valence-electron chi connectivity index (χ3n) is 9.68. The number of carbonyl (C=O) groups is 2. The van der Waals surface area contributed by atoms with Gasteiger partial charge in [0.25, 0.3) is 0 Å². The molecule has 1 saturated heterocycles. The van der Waals surface area contributed by atoms with Gasteiger partial charge in [-0.25, -0.2) is 0 Å². The maximum Gasteiger partial charge on any atom is 0.306 e. The van der Waals surface area contributed by atoms with Crippen molar-refractivity contribution in [1.82, 2.24) is 0 Å². The van der Waals surface area contributed by atoms with Crippen molar-refractivity contribution < 1.29 is 14.3 Å². The van der Waals surface area contributed by atoms with Crippen LogP contribution in [0.3, 0.4) is 0 Å². The molecule has 1 spiro atoms. The van der Waals surface area contributed by atoms with Crippen LogP contribution in [0, 0.1) is 40.4 Å². The number of allylic oxidation sites excluding steroid dienone is 4. The van der Waals surface area contributed by atoms with E-state index >= 15 is 0 Å². The molecule has 1 heterocycles. The smallest absolute Gasteiger partial charge is 0.306 e. The first-order valence-corrected chi connectivity index (χ1v) is 10.5. The van der Waals surface area contributed by atoms with Gasteiger partial charge in [-0.1, -0.05) is 26.0 Å². The molecule has 0 N–H and O–H groups in total. The fraction of sp³-hybridized carbons (Fsp3) is 0.739. The van der Waals surface area contributed by atoms with E-state index in [2.05, 4.69) is 26.0 Å². The summed E-state index contributed by atoms with van der Waals surface area (Å²) >= 11 is 0. The second-order valence-electron chi connectivity index (χ2n) is 10.4. The largest absolute Gasteiger partial charge is 0.458 e. The number of esters is 1. The second kappa shape index (κ2) is 4.54. The van der Waals surface area contributed by atoms with Gasteiger partial charge in [-0.3, -0.25) is 9.59 Å². The molecular formula is C23H28O3. The van der Waals surface area contributed by atoms with E-state index < -0.39 is 0 Å². The van der Waals surface area contributed by atoms with Gasteiger partial charge in [-0.15, -0.1) is 0 Å². The van der Waals surface area contributed by atoms with Crippen molar-refractivity contribution in [3.63, 3.8) is 0 Å². The number of rotatable bonds is 0. The molecule has 6 rings (SSSR count). The van der Waals surface area contributed by atoms with E-state index in [0.717, 1.165) is 19.3 Å². The number of hydrogen-bond acceptors (Lipinski definition) is 3. The lowest BCUT2D eigenvalue weighted by atomic mass is 9.50. The van der Waals surface area contributed by atoms with Crippen molar-refractivity contribution in [3.8, 4) is 0 Å². The van der Waals surface area contributed by atoms with Crippen molar-refractivity contribution in [3.05, 3.63) is 23.8 Å². The summed E-state index contributed by atoms with van der Waals surface area (Å²) < 4.78 is 6.22. The van der Waals surface area contributed by atoms with Crippen molar-refractivity contribution in [2.24, 2.45) is 40.4 Å². The first-order chi connectivity index (χ1) is 12.4. The molecule has 4 fully saturated rings. The number of ketones is 1. The Kier molecular flexibility index (Phi) is 2.73. The van der Waals surface area contributed by atoms with Gasteiger partial charge in [0.1, 0.15) is 5.60 Å². The number of fused-ring (bicyclic) bond motifs is 9. The van der Waals surface area contributed by atoms with Crippen LogP contribution in [0.25, 0.3) is 0 Å². The van der Waals surface area contributed by atoms with Gasteiger partial charge in [0.15, 0.2) is 5.78 Å². The van der Waals surface area contributed by atoms with Gasteiger partial charge in [-0.05, 0) is 73.3 Å². The van der Waals surface area contributed by atoms with Crippen molar-refractivity contribution in [1.29, 1.82) is 0 Å². The molecule has 0 radical (unpaired) electrons. The molecule has 0 aromatic heterocycles. The summed E-state index contributed by atoms with van der Waals surface area (Å²) in [5.41, 5.74) is 1.38. The molecule has 3 saturated carbocycles. The molecule has 6 aliphatic rings. The van der Waals surface area contributed by atoms with Crippen LogP contribution >= 0.6 is 0 Å². The van der Waals surface area contributed by atoms with Crippen LogP contribution in [0.5, 0.6) is 0 Å². The summed E-state index contributed by atoms with van der Waals surface area (Å²) in [7, 11) is 0. The zero-order chi connectivity index (χ0) is 17.9. The third-order valence-corrected chi connectivity index (χ3v) is 9.68. The first kappa shape index (κ1) is 15.7. The van der Waals surface area contributed by atoms with Crippen LogP contribution in [0.2, 0.25) is 0 Å². The van der Waals surface area contributed by atoms with E-state index in [1.165, 1.54) is 24.8 Å². The Balaban J connectivity index is 1.44. The van der Waals surface area contributed by atoms with Gasteiger partial charge >= 0.3 is 5.97 Å². The van der Waals surface area contributed by atoms with Gasteiger partial charge in [-0.2, -0.15) is 0 Å². The highest BCUT2D eigenvalue weighted by molar-refractivity contribution is 5.92. The third kappa shape index (κ3) is 1.55. The quantitative estimate of drug-likeness (QED) is 0.613. The molecule has 3 nitrogen and oxygen atoms in total. The van der Waals surface area contributed by atoms with Crippen LogP contribution < -0.4 is 0 Å². The maximum absolute atomic E-state index is 12.2. The van der Waals surface area contributed by atoms with Crippen LogP contribution in [0.1, 0.15) is 58.8 Å². The Labute approximate surface area is 155 Å². The summed E-state index contributed by atoms with van der Waals surface area (Å²) in [5.74, 6) is 3.49. The number of carbonyl (C=O) groups excluding carboxylic acids is 2. The van der Waals surface area contributed by atoms with Crippen molar-refractivity contribution in [2.45, 2.75) is 64.4 Å². The van der Waals surface area contributed by atoms with E-state index in [4.69, 9.17) is 4.74 Å². The predicted molar refractivity (Wildman–Crippen MR) is 97.0 cm³/mol. The SMILES string of the molecule is CC12CCC3C4CCC(=O)C=C4C=CC3C1C1C[C@@]1(C)C21CCC(=O)O1. The van der Waals surface area contributed by atoms with Crippen LogP contribution in [0.15, 0.2) is 23.8 Å². The number of ether oxygens (including phenoxy) is 1. The topological polar surface area (TPSA) is 43.4 Å². The van der Waals surface area contributed by atoms with E-state index in [1.54, 1.807) is 0 Å². The summed E-state index contributed by atoms with van der Waals surface area (Å²) in [6.45, 7) is 4.83. The molecular weight excluding hydrogens is 324 g/mol. The fourth-order valence-electron chi connectivity index (χ4n) is 8.53. The monoisotopic (exact) mass is 352 g/mol. The Morgan fingerprint density at radius 3 is 2.69 bits per heavy atom. The van der Waals surface area contributed by atoms with Gasteiger partial charge in [0.05, 0.1) is 0 Å². The molecule has 5 aliphatic carbocycles. The average molecular weight is 352 g/mol. The highest BCUT2D eigenvalue weighted by Gasteiger charge is 2.84. The zero-order valence-corrected chi connectivity index (χ0v) is 15.8. The lowest BCUT2D eigenvalue weighted by Gasteiger charge is -2.56. The second-order valence-corrected chi connectivity index (χ2v) is 10.4. The van der Waals surface area contributed by atoms with E-state index in [9.17, 15) is 9.59 Å². The Morgan fingerprint density at radius 2 is 1.92 bits per heavy atom. The molecule has 0 aromatic rings. The van der Waals surface area contributed by atoms with Crippen LogP contribution in [-0.2, 0) is 14.3 Å². The van der Waals surface area contributed by atoms with Gasteiger partial charge < -0.3 is 4.74 Å². The van der Waals surface area contributed by atoms with E-state index in [0.29, 0.717) is 41.8 Å². The molecule has 0 bridgehead atoms. The van der Waals surface area contributed by atoms with Crippen molar-refractivity contribution >= 4 is 11.8 Å². The Bertz CT molecular complexity index is 793. The summed E-state index contributed by atoms with van der Waals surface area (Å²) in [5, 5.41) is 0. The van der Waals surface area contributed by atoms with E-state index in [-0.39, 0.29) is 22.4 Å². The van der Waals surface area contributed by atoms with Gasteiger partial charge in [0, 0.05) is 23.7 Å². The lowest BCUT2D eigenvalue weighted by molar-refractivity contribution is -0.179.